The predicted octanol–water partition coefficient (Wildman–Crippen LogP) is 3.83. The van der Waals surface area contributed by atoms with Crippen LogP contribution < -0.4 is 0 Å². The highest BCUT2D eigenvalue weighted by Gasteiger charge is 2.22. The van der Waals surface area contributed by atoms with Crippen LogP contribution >= 0.6 is 11.6 Å². The summed E-state index contributed by atoms with van der Waals surface area (Å²) in [7, 11) is 0. The van der Waals surface area contributed by atoms with E-state index in [9.17, 15) is 5.11 Å². The lowest BCUT2D eigenvalue weighted by Gasteiger charge is -2.22. The molecule has 1 aliphatic rings. The third kappa shape index (κ3) is 2.66. The topological polar surface area (TPSA) is 20.2 Å². The van der Waals surface area contributed by atoms with Crippen molar-refractivity contribution in [1.82, 2.24) is 0 Å². The summed E-state index contributed by atoms with van der Waals surface area (Å²) in [5, 5.41) is 9.89. The zero-order valence-electron chi connectivity index (χ0n) is 9.27. The highest BCUT2D eigenvalue weighted by Crippen LogP contribution is 2.31. The Kier molecular flexibility index (Phi) is 4.03. The molecule has 86 valence electrons. The standard InChI is InChI=1S/C14H17ClO/c15-13(11-7-3-1-4-8-11)14(16)12-9-5-2-6-10-12/h2,5-7,9-10,13-14,16H,1,3-4,8H2/t13-,14-/m1/s1. The maximum atomic E-state index is 10.2. The van der Waals surface area contributed by atoms with Crippen molar-refractivity contribution in [2.45, 2.75) is 37.2 Å². The van der Waals surface area contributed by atoms with Crippen LogP contribution in [0, 0.1) is 0 Å². The molecule has 0 bridgehead atoms. The van der Waals surface area contributed by atoms with Gasteiger partial charge in [-0.1, -0.05) is 42.0 Å². The maximum absolute atomic E-state index is 10.2. The first-order valence-electron chi connectivity index (χ1n) is 5.85. The first-order chi connectivity index (χ1) is 7.79. The first-order valence-corrected chi connectivity index (χ1v) is 6.28. The van der Waals surface area contributed by atoms with Gasteiger partial charge >= 0.3 is 0 Å². The van der Waals surface area contributed by atoms with Crippen molar-refractivity contribution in [2.24, 2.45) is 0 Å². The second-order valence-corrected chi connectivity index (χ2v) is 4.75. The summed E-state index contributed by atoms with van der Waals surface area (Å²) in [6, 6.07) is 9.64. The second kappa shape index (κ2) is 5.51. The van der Waals surface area contributed by atoms with Gasteiger partial charge in [0.05, 0.1) is 11.5 Å². The molecule has 1 nitrogen and oxygen atoms in total. The Morgan fingerprint density at radius 3 is 2.50 bits per heavy atom. The van der Waals surface area contributed by atoms with Crippen molar-refractivity contribution in [1.29, 1.82) is 0 Å². The predicted molar refractivity (Wildman–Crippen MR) is 67.6 cm³/mol. The Morgan fingerprint density at radius 2 is 1.88 bits per heavy atom. The van der Waals surface area contributed by atoms with Crippen LogP contribution in [0.4, 0.5) is 0 Å². The van der Waals surface area contributed by atoms with Gasteiger partial charge in [-0.3, -0.25) is 0 Å². The summed E-state index contributed by atoms with van der Waals surface area (Å²) < 4.78 is 0. The van der Waals surface area contributed by atoms with Gasteiger partial charge in [-0.05, 0) is 31.2 Å². The van der Waals surface area contributed by atoms with Crippen LogP contribution in [0.2, 0.25) is 0 Å². The molecule has 1 aromatic carbocycles. The van der Waals surface area contributed by atoms with Gasteiger partial charge in [0.2, 0.25) is 0 Å². The highest BCUT2D eigenvalue weighted by atomic mass is 35.5. The Balaban J connectivity index is 2.09. The molecule has 2 rings (SSSR count). The van der Waals surface area contributed by atoms with Crippen LogP contribution in [0.1, 0.15) is 37.4 Å². The number of halogens is 1. The van der Waals surface area contributed by atoms with Gasteiger partial charge < -0.3 is 5.11 Å². The summed E-state index contributed by atoms with van der Waals surface area (Å²) >= 11 is 6.33. The fourth-order valence-corrected chi connectivity index (χ4v) is 2.48. The molecule has 0 fully saturated rings. The molecule has 0 unspecified atom stereocenters. The molecule has 0 heterocycles. The number of alkyl halides is 1. The first kappa shape index (κ1) is 11.7. The van der Waals surface area contributed by atoms with Gasteiger partial charge in [-0.15, -0.1) is 11.6 Å². The number of benzene rings is 1. The Hall–Kier alpha value is -0.790. The van der Waals surface area contributed by atoms with Crippen molar-refractivity contribution in [3.63, 3.8) is 0 Å². The monoisotopic (exact) mass is 236 g/mol. The normalized spacial score (nSPS) is 20.0. The minimum Gasteiger partial charge on any atom is -0.387 e. The largest absolute Gasteiger partial charge is 0.387 e. The molecule has 0 radical (unpaired) electrons. The second-order valence-electron chi connectivity index (χ2n) is 4.28. The molecule has 1 N–H and O–H groups in total. The summed E-state index contributed by atoms with van der Waals surface area (Å²) in [6.07, 6.45) is 6.16. The van der Waals surface area contributed by atoms with Crippen LogP contribution in [0.15, 0.2) is 42.0 Å². The zero-order chi connectivity index (χ0) is 11.4. The van der Waals surface area contributed by atoms with E-state index in [1.54, 1.807) is 0 Å². The molecular weight excluding hydrogens is 220 g/mol. The summed E-state index contributed by atoms with van der Waals surface area (Å²) in [6.45, 7) is 0. The molecule has 2 heteroatoms. The van der Waals surface area contributed by atoms with Gasteiger partial charge in [0.15, 0.2) is 0 Å². The van der Waals surface area contributed by atoms with Crippen LogP contribution in [-0.2, 0) is 0 Å². The molecule has 0 spiro atoms. The van der Waals surface area contributed by atoms with Crippen LogP contribution in [0.5, 0.6) is 0 Å². The highest BCUT2D eigenvalue weighted by molar-refractivity contribution is 6.22. The lowest BCUT2D eigenvalue weighted by Crippen LogP contribution is -2.16. The van der Waals surface area contributed by atoms with Gasteiger partial charge in [0.25, 0.3) is 0 Å². The van der Waals surface area contributed by atoms with E-state index in [2.05, 4.69) is 6.08 Å². The van der Waals surface area contributed by atoms with Crippen molar-refractivity contribution < 1.29 is 5.11 Å². The van der Waals surface area contributed by atoms with Gasteiger partial charge in [0.1, 0.15) is 0 Å². The number of aliphatic hydroxyl groups excluding tert-OH is 1. The van der Waals surface area contributed by atoms with E-state index in [1.807, 2.05) is 30.3 Å². The third-order valence-corrected chi connectivity index (χ3v) is 3.62. The van der Waals surface area contributed by atoms with E-state index in [4.69, 9.17) is 11.6 Å². The number of aliphatic hydroxyl groups is 1. The van der Waals surface area contributed by atoms with E-state index < -0.39 is 6.10 Å². The minimum atomic E-state index is -0.591. The average molecular weight is 237 g/mol. The SMILES string of the molecule is O[C@H](c1ccccc1)[C@H](Cl)C1=CCCCC1. The molecule has 0 saturated carbocycles. The maximum Gasteiger partial charge on any atom is 0.0991 e. The molecule has 0 amide bonds. The lowest BCUT2D eigenvalue weighted by atomic mass is 9.92. The van der Waals surface area contributed by atoms with Gasteiger partial charge in [0, 0.05) is 0 Å². The van der Waals surface area contributed by atoms with Crippen molar-refractivity contribution in [3.05, 3.63) is 47.5 Å². The number of allylic oxidation sites excluding steroid dienone is 1. The minimum absolute atomic E-state index is 0.275. The molecule has 16 heavy (non-hydrogen) atoms. The van der Waals surface area contributed by atoms with Crippen LogP contribution in [0.3, 0.4) is 0 Å². The summed E-state index contributed by atoms with van der Waals surface area (Å²) in [5.74, 6) is 0. The molecular formula is C14H17ClO. The fraction of sp³-hybridized carbons (Fsp3) is 0.429. The lowest BCUT2D eigenvalue weighted by molar-refractivity contribution is 0.180. The van der Waals surface area contributed by atoms with E-state index >= 15 is 0 Å². The van der Waals surface area contributed by atoms with E-state index in [0.717, 1.165) is 18.4 Å². The number of hydrogen-bond donors (Lipinski definition) is 1. The molecule has 1 aromatic rings. The van der Waals surface area contributed by atoms with Crippen molar-refractivity contribution >= 4 is 11.6 Å². The summed E-state index contributed by atoms with van der Waals surface area (Å²) in [4.78, 5) is 0. The fourth-order valence-electron chi connectivity index (χ4n) is 2.14. The average Bonchev–Trinajstić information content (AvgIpc) is 2.39. The quantitative estimate of drug-likeness (QED) is 0.625. The Morgan fingerprint density at radius 1 is 1.12 bits per heavy atom. The molecule has 0 aromatic heterocycles. The number of hydrogen-bond acceptors (Lipinski definition) is 1. The van der Waals surface area contributed by atoms with Crippen molar-refractivity contribution in [2.75, 3.05) is 0 Å². The zero-order valence-corrected chi connectivity index (χ0v) is 10.0. The van der Waals surface area contributed by atoms with Crippen molar-refractivity contribution in [3.8, 4) is 0 Å². The van der Waals surface area contributed by atoms with Gasteiger partial charge in [-0.2, -0.15) is 0 Å². The Bertz CT molecular complexity index is 358. The smallest absolute Gasteiger partial charge is 0.0991 e. The Labute approximate surface area is 102 Å². The number of rotatable bonds is 3. The summed E-state index contributed by atoms with van der Waals surface area (Å²) in [5.41, 5.74) is 2.10. The third-order valence-electron chi connectivity index (χ3n) is 3.10. The molecule has 0 aliphatic heterocycles. The molecule has 2 atom stereocenters. The van der Waals surface area contributed by atoms with E-state index in [1.165, 1.54) is 18.4 Å². The van der Waals surface area contributed by atoms with Crippen LogP contribution in [0.25, 0.3) is 0 Å². The van der Waals surface area contributed by atoms with Gasteiger partial charge in [-0.25, -0.2) is 0 Å². The molecule has 0 saturated heterocycles. The molecule has 1 aliphatic carbocycles. The van der Waals surface area contributed by atoms with E-state index in [0.29, 0.717) is 0 Å². The van der Waals surface area contributed by atoms with Crippen LogP contribution in [-0.4, -0.2) is 10.5 Å². The van der Waals surface area contributed by atoms with E-state index in [-0.39, 0.29) is 5.38 Å².